The summed E-state index contributed by atoms with van der Waals surface area (Å²) in [7, 11) is 0. The fourth-order valence-corrected chi connectivity index (χ4v) is 3.08. The van der Waals surface area contributed by atoms with E-state index in [1.54, 1.807) is 24.3 Å². The third-order valence-corrected chi connectivity index (χ3v) is 4.61. The molecular weight excluding hydrogens is 479 g/mol. The van der Waals surface area contributed by atoms with E-state index in [1.165, 1.54) is 6.21 Å². The number of para-hydroxylation sites is 1. The minimum Gasteiger partial charge on any atom is -0.488 e. The van der Waals surface area contributed by atoms with E-state index in [0.717, 1.165) is 22.2 Å². The van der Waals surface area contributed by atoms with E-state index in [0.29, 0.717) is 24.0 Å². The first kappa shape index (κ1) is 22.3. The predicted molar refractivity (Wildman–Crippen MR) is 114 cm³/mol. The van der Waals surface area contributed by atoms with Crippen molar-refractivity contribution >= 4 is 33.5 Å². The first-order chi connectivity index (χ1) is 14.7. The molecule has 0 atom stereocenters. The van der Waals surface area contributed by atoms with Gasteiger partial charge in [-0.3, -0.25) is 15.5 Å². The quantitative estimate of drug-likeness (QED) is 0.234. The zero-order valence-electron chi connectivity index (χ0n) is 15.8. The Morgan fingerprint density at radius 3 is 2.58 bits per heavy atom. The highest BCUT2D eigenvalue weighted by molar-refractivity contribution is 9.10. The SMILES string of the molecule is O=[N+]([O-])c1cc(C(F)(F)F)ccc1NN=Cc1ccccc1OCc1cccc(Br)c1. The van der Waals surface area contributed by atoms with Crippen LogP contribution in [0, 0.1) is 10.1 Å². The second-order valence-electron chi connectivity index (χ2n) is 6.31. The molecule has 31 heavy (non-hydrogen) atoms. The van der Waals surface area contributed by atoms with Gasteiger partial charge in [0.05, 0.1) is 16.7 Å². The number of anilines is 1. The monoisotopic (exact) mass is 493 g/mol. The molecule has 0 saturated carbocycles. The molecule has 10 heteroatoms. The van der Waals surface area contributed by atoms with Crippen molar-refractivity contribution in [1.29, 1.82) is 0 Å². The second kappa shape index (κ2) is 9.61. The highest BCUT2D eigenvalue weighted by atomic mass is 79.9. The molecule has 3 rings (SSSR count). The summed E-state index contributed by atoms with van der Waals surface area (Å²) in [4.78, 5) is 10.3. The van der Waals surface area contributed by atoms with Crippen LogP contribution in [0.1, 0.15) is 16.7 Å². The molecule has 0 saturated heterocycles. The van der Waals surface area contributed by atoms with Gasteiger partial charge in [0.25, 0.3) is 5.69 Å². The molecule has 0 aliphatic rings. The number of nitro benzene ring substituents is 1. The fraction of sp³-hybridized carbons (Fsp3) is 0.0952. The van der Waals surface area contributed by atoms with Gasteiger partial charge in [0, 0.05) is 16.1 Å². The highest BCUT2D eigenvalue weighted by Gasteiger charge is 2.33. The molecule has 0 aliphatic heterocycles. The van der Waals surface area contributed by atoms with E-state index in [-0.39, 0.29) is 5.69 Å². The van der Waals surface area contributed by atoms with Crippen molar-refractivity contribution in [3.8, 4) is 5.75 Å². The molecule has 6 nitrogen and oxygen atoms in total. The lowest BCUT2D eigenvalue weighted by atomic mass is 10.1. The van der Waals surface area contributed by atoms with Crippen LogP contribution in [-0.4, -0.2) is 11.1 Å². The molecule has 0 heterocycles. The van der Waals surface area contributed by atoms with Crippen molar-refractivity contribution in [1.82, 2.24) is 0 Å². The Kier molecular flexibility index (Phi) is 6.91. The van der Waals surface area contributed by atoms with Crippen LogP contribution in [0.2, 0.25) is 0 Å². The van der Waals surface area contributed by atoms with Crippen LogP contribution in [0.25, 0.3) is 0 Å². The Bertz CT molecular complexity index is 1120. The molecule has 0 bridgehead atoms. The molecule has 0 unspecified atom stereocenters. The Balaban J connectivity index is 1.75. The van der Waals surface area contributed by atoms with Gasteiger partial charge in [-0.25, -0.2) is 0 Å². The Labute approximate surface area is 183 Å². The molecule has 0 fully saturated rings. The van der Waals surface area contributed by atoms with Crippen LogP contribution in [0.5, 0.6) is 5.75 Å². The van der Waals surface area contributed by atoms with Crippen LogP contribution < -0.4 is 10.2 Å². The third kappa shape index (κ3) is 6.05. The van der Waals surface area contributed by atoms with Gasteiger partial charge >= 0.3 is 6.18 Å². The first-order valence-electron chi connectivity index (χ1n) is 8.85. The molecule has 0 radical (unpaired) electrons. The van der Waals surface area contributed by atoms with Crippen molar-refractivity contribution < 1.29 is 22.8 Å². The molecule has 3 aromatic rings. The molecule has 0 aromatic heterocycles. The van der Waals surface area contributed by atoms with E-state index in [2.05, 4.69) is 26.5 Å². The van der Waals surface area contributed by atoms with Crippen molar-refractivity contribution in [2.24, 2.45) is 5.10 Å². The zero-order valence-corrected chi connectivity index (χ0v) is 17.4. The van der Waals surface area contributed by atoms with E-state index in [4.69, 9.17) is 4.74 Å². The van der Waals surface area contributed by atoms with Gasteiger partial charge in [-0.15, -0.1) is 0 Å². The number of hydrogen-bond acceptors (Lipinski definition) is 5. The number of alkyl halides is 3. The lowest BCUT2D eigenvalue weighted by Gasteiger charge is -2.10. The smallest absolute Gasteiger partial charge is 0.416 e. The predicted octanol–water partition coefficient (Wildman–Crippen LogP) is 6.40. The maximum Gasteiger partial charge on any atom is 0.416 e. The summed E-state index contributed by atoms with van der Waals surface area (Å²) in [5.74, 6) is 0.523. The summed E-state index contributed by atoms with van der Waals surface area (Å²) in [5.41, 5.74) is 1.95. The number of nitro groups is 1. The second-order valence-corrected chi connectivity index (χ2v) is 7.23. The molecular formula is C21H15BrF3N3O3. The maximum atomic E-state index is 12.8. The van der Waals surface area contributed by atoms with Gasteiger partial charge in [-0.05, 0) is 42.0 Å². The van der Waals surface area contributed by atoms with Crippen LogP contribution in [0.3, 0.4) is 0 Å². The Morgan fingerprint density at radius 1 is 1.10 bits per heavy atom. The van der Waals surface area contributed by atoms with Crippen molar-refractivity contribution in [2.45, 2.75) is 12.8 Å². The van der Waals surface area contributed by atoms with E-state index < -0.39 is 22.4 Å². The van der Waals surface area contributed by atoms with Gasteiger partial charge in [0.1, 0.15) is 18.0 Å². The van der Waals surface area contributed by atoms with E-state index >= 15 is 0 Å². The minimum absolute atomic E-state index is 0.165. The van der Waals surface area contributed by atoms with Crippen LogP contribution in [0.4, 0.5) is 24.5 Å². The average Bonchev–Trinajstić information content (AvgIpc) is 2.72. The van der Waals surface area contributed by atoms with Crippen molar-refractivity contribution in [3.63, 3.8) is 0 Å². The average molecular weight is 494 g/mol. The van der Waals surface area contributed by atoms with Gasteiger partial charge in [-0.1, -0.05) is 40.2 Å². The molecule has 0 amide bonds. The fourth-order valence-electron chi connectivity index (χ4n) is 2.63. The van der Waals surface area contributed by atoms with Gasteiger partial charge in [0.2, 0.25) is 0 Å². The number of nitrogens with zero attached hydrogens (tertiary/aromatic N) is 2. The first-order valence-corrected chi connectivity index (χ1v) is 9.64. The van der Waals surface area contributed by atoms with Gasteiger partial charge < -0.3 is 4.74 Å². The van der Waals surface area contributed by atoms with Crippen molar-refractivity contribution in [2.75, 3.05) is 5.43 Å². The summed E-state index contributed by atoms with van der Waals surface area (Å²) >= 11 is 3.40. The summed E-state index contributed by atoms with van der Waals surface area (Å²) in [5, 5.41) is 15.1. The zero-order chi connectivity index (χ0) is 22.4. The summed E-state index contributed by atoms with van der Waals surface area (Å²) in [6.45, 7) is 0.308. The largest absolute Gasteiger partial charge is 0.488 e. The van der Waals surface area contributed by atoms with Crippen LogP contribution in [-0.2, 0) is 12.8 Å². The number of ether oxygens (including phenoxy) is 1. The normalized spacial score (nSPS) is 11.5. The summed E-state index contributed by atoms with van der Waals surface area (Å²) in [6, 6.07) is 16.8. The third-order valence-electron chi connectivity index (χ3n) is 4.11. The number of halogens is 4. The Hall–Kier alpha value is -3.40. The van der Waals surface area contributed by atoms with Crippen LogP contribution >= 0.6 is 15.9 Å². The molecule has 3 aromatic carbocycles. The molecule has 0 spiro atoms. The minimum atomic E-state index is -4.68. The molecule has 0 aliphatic carbocycles. The van der Waals surface area contributed by atoms with Gasteiger partial charge in [0.15, 0.2) is 0 Å². The topological polar surface area (TPSA) is 76.8 Å². The van der Waals surface area contributed by atoms with Crippen molar-refractivity contribution in [3.05, 3.63) is 98.0 Å². The number of nitrogens with one attached hydrogen (secondary N) is 1. The number of benzene rings is 3. The highest BCUT2D eigenvalue weighted by Crippen LogP contribution is 2.35. The number of rotatable bonds is 7. The number of hydrazone groups is 1. The number of hydrogen-bond donors (Lipinski definition) is 1. The van der Waals surface area contributed by atoms with E-state index in [1.807, 2.05) is 24.3 Å². The van der Waals surface area contributed by atoms with Crippen LogP contribution in [0.15, 0.2) is 76.3 Å². The van der Waals surface area contributed by atoms with Gasteiger partial charge in [-0.2, -0.15) is 18.3 Å². The van der Waals surface area contributed by atoms with E-state index in [9.17, 15) is 23.3 Å². The standard InChI is InChI=1S/C21H15BrF3N3O3/c22-17-6-3-4-14(10-17)13-31-20-7-2-1-5-15(20)12-26-27-18-9-8-16(21(23,24)25)11-19(18)28(29)30/h1-12,27H,13H2. The summed E-state index contributed by atoms with van der Waals surface area (Å²) < 4.78 is 45.2. The Morgan fingerprint density at radius 2 is 1.87 bits per heavy atom. The summed E-state index contributed by atoms with van der Waals surface area (Å²) in [6.07, 6.45) is -3.31. The molecule has 160 valence electrons. The maximum absolute atomic E-state index is 12.8. The lowest BCUT2D eigenvalue weighted by Crippen LogP contribution is -2.06. The lowest BCUT2D eigenvalue weighted by molar-refractivity contribution is -0.384. The molecule has 1 N–H and O–H groups in total.